The molecule has 0 fully saturated rings. The quantitative estimate of drug-likeness (QED) is 0.443. The van der Waals surface area contributed by atoms with Crippen molar-refractivity contribution >= 4 is 5.69 Å². The summed E-state index contributed by atoms with van der Waals surface area (Å²) >= 11 is 0. The molecule has 0 spiro atoms. The summed E-state index contributed by atoms with van der Waals surface area (Å²) in [6, 6.07) is 9.28. The summed E-state index contributed by atoms with van der Waals surface area (Å²) < 4.78 is 50.5. The van der Waals surface area contributed by atoms with Gasteiger partial charge in [-0.1, -0.05) is 17.9 Å². The third-order valence-corrected chi connectivity index (χ3v) is 2.51. The van der Waals surface area contributed by atoms with Crippen molar-refractivity contribution in [2.24, 2.45) is 0 Å². The van der Waals surface area contributed by atoms with Gasteiger partial charge in [-0.25, -0.2) is 4.39 Å². The summed E-state index contributed by atoms with van der Waals surface area (Å²) in [4.78, 5) is 0. The van der Waals surface area contributed by atoms with Crippen LogP contribution in [0.3, 0.4) is 0 Å². The molecule has 0 atom stereocenters. The summed E-state index contributed by atoms with van der Waals surface area (Å²) in [6.45, 7) is 0. The lowest BCUT2D eigenvalue weighted by atomic mass is 10.1. The van der Waals surface area contributed by atoms with Crippen molar-refractivity contribution in [1.29, 1.82) is 0 Å². The first-order valence-electron chi connectivity index (χ1n) is 5.60. The molecule has 0 aromatic heterocycles. The Labute approximate surface area is 113 Å². The van der Waals surface area contributed by atoms with Crippen LogP contribution in [-0.2, 0) is 6.18 Å². The number of nitrogen functional groups attached to an aromatic ring is 1. The van der Waals surface area contributed by atoms with Gasteiger partial charge in [-0.15, -0.1) is 0 Å². The first-order valence-corrected chi connectivity index (χ1v) is 5.60. The van der Waals surface area contributed by atoms with Gasteiger partial charge >= 0.3 is 6.18 Å². The molecule has 2 N–H and O–H groups in total. The molecule has 0 saturated heterocycles. The van der Waals surface area contributed by atoms with Crippen LogP contribution in [0.1, 0.15) is 16.7 Å². The first-order chi connectivity index (χ1) is 9.36. The second-order valence-corrected chi connectivity index (χ2v) is 4.07. The third-order valence-electron chi connectivity index (χ3n) is 2.51. The largest absolute Gasteiger partial charge is 0.419 e. The van der Waals surface area contributed by atoms with Gasteiger partial charge in [0.1, 0.15) is 5.82 Å². The number of alkyl halides is 3. The van der Waals surface area contributed by atoms with Gasteiger partial charge in [-0.2, -0.15) is 13.2 Å². The highest BCUT2D eigenvalue weighted by Gasteiger charge is 2.33. The molecule has 20 heavy (non-hydrogen) atoms. The van der Waals surface area contributed by atoms with E-state index in [1.54, 1.807) is 24.3 Å². The van der Waals surface area contributed by atoms with E-state index in [1.165, 1.54) is 0 Å². The SMILES string of the molecule is Nc1cccc(C#Cc2ccc(C(F)(F)F)c(F)c2)c1. The summed E-state index contributed by atoms with van der Waals surface area (Å²) in [5.74, 6) is 3.97. The van der Waals surface area contributed by atoms with E-state index >= 15 is 0 Å². The van der Waals surface area contributed by atoms with E-state index in [0.717, 1.165) is 12.1 Å². The van der Waals surface area contributed by atoms with E-state index < -0.39 is 17.6 Å². The van der Waals surface area contributed by atoms with Crippen molar-refractivity contribution in [2.75, 3.05) is 5.73 Å². The summed E-state index contributed by atoms with van der Waals surface area (Å²) in [5, 5.41) is 0. The summed E-state index contributed by atoms with van der Waals surface area (Å²) in [5.41, 5.74) is 5.56. The molecule has 1 nitrogen and oxygen atoms in total. The molecular formula is C15H9F4N. The number of hydrogen-bond donors (Lipinski definition) is 1. The second kappa shape index (κ2) is 5.25. The third kappa shape index (κ3) is 3.29. The topological polar surface area (TPSA) is 26.0 Å². The average Bonchev–Trinajstić information content (AvgIpc) is 2.35. The van der Waals surface area contributed by atoms with E-state index in [1.807, 2.05) is 0 Å². The lowest BCUT2D eigenvalue weighted by Gasteiger charge is -2.07. The van der Waals surface area contributed by atoms with Gasteiger partial charge in [0.15, 0.2) is 0 Å². The fourth-order valence-electron chi connectivity index (χ4n) is 1.58. The minimum Gasteiger partial charge on any atom is -0.399 e. The molecule has 2 aromatic rings. The summed E-state index contributed by atoms with van der Waals surface area (Å²) in [7, 11) is 0. The number of rotatable bonds is 0. The highest BCUT2D eigenvalue weighted by atomic mass is 19.4. The Balaban J connectivity index is 2.31. The zero-order chi connectivity index (χ0) is 14.8. The van der Waals surface area contributed by atoms with Gasteiger partial charge in [0.2, 0.25) is 0 Å². The number of hydrogen-bond acceptors (Lipinski definition) is 1. The molecule has 0 aliphatic carbocycles. The molecule has 0 saturated carbocycles. The fourth-order valence-corrected chi connectivity index (χ4v) is 1.58. The Kier molecular flexibility index (Phi) is 3.66. The standard InChI is InChI=1S/C15H9F4N/c16-14-9-11(6-7-13(14)15(17,18)19)5-4-10-2-1-3-12(20)8-10/h1-3,6-9H,20H2. The molecule has 0 aliphatic rings. The number of halogens is 4. The molecule has 102 valence electrons. The van der Waals surface area contributed by atoms with Crippen LogP contribution in [0.25, 0.3) is 0 Å². The van der Waals surface area contributed by atoms with E-state index in [2.05, 4.69) is 11.8 Å². The van der Waals surface area contributed by atoms with Gasteiger partial charge < -0.3 is 5.73 Å². The second-order valence-electron chi connectivity index (χ2n) is 4.07. The summed E-state index contributed by atoms with van der Waals surface area (Å²) in [6.07, 6.45) is -4.70. The maximum absolute atomic E-state index is 13.3. The van der Waals surface area contributed by atoms with Gasteiger partial charge in [0, 0.05) is 16.8 Å². The van der Waals surface area contributed by atoms with Crippen LogP contribution in [0.15, 0.2) is 42.5 Å². The van der Waals surface area contributed by atoms with Crippen molar-refractivity contribution in [1.82, 2.24) is 0 Å². The average molecular weight is 279 g/mol. The lowest BCUT2D eigenvalue weighted by molar-refractivity contribution is -0.140. The predicted molar refractivity (Wildman–Crippen MR) is 68.2 cm³/mol. The minimum atomic E-state index is -4.70. The highest BCUT2D eigenvalue weighted by molar-refractivity contribution is 5.50. The van der Waals surface area contributed by atoms with Crippen LogP contribution in [0.5, 0.6) is 0 Å². The Morgan fingerprint density at radius 2 is 1.55 bits per heavy atom. The normalized spacial score (nSPS) is 10.8. The van der Waals surface area contributed by atoms with E-state index in [0.29, 0.717) is 17.3 Å². The van der Waals surface area contributed by atoms with Crippen molar-refractivity contribution in [2.45, 2.75) is 6.18 Å². The van der Waals surface area contributed by atoms with Gasteiger partial charge in [-0.3, -0.25) is 0 Å². The molecule has 0 radical (unpaired) electrons. The number of anilines is 1. The van der Waals surface area contributed by atoms with Crippen LogP contribution in [-0.4, -0.2) is 0 Å². The lowest BCUT2D eigenvalue weighted by Crippen LogP contribution is -2.07. The first kappa shape index (κ1) is 13.9. The van der Waals surface area contributed by atoms with Gasteiger partial charge in [-0.05, 0) is 36.4 Å². The molecule has 0 unspecified atom stereocenters. The van der Waals surface area contributed by atoms with Crippen LogP contribution >= 0.6 is 0 Å². The van der Waals surface area contributed by atoms with E-state index in [4.69, 9.17) is 5.73 Å². The Hall–Kier alpha value is -2.48. The smallest absolute Gasteiger partial charge is 0.399 e. The van der Waals surface area contributed by atoms with Crippen LogP contribution in [0, 0.1) is 17.7 Å². The van der Waals surface area contributed by atoms with Crippen molar-refractivity contribution in [3.8, 4) is 11.8 Å². The van der Waals surface area contributed by atoms with E-state index in [9.17, 15) is 17.6 Å². The van der Waals surface area contributed by atoms with Crippen LogP contribution < -0.4 is 5.73 Å². The van der Waals surface area contributed by atoms with Gasteiger partial charge in [0.25, 0.3) is 0 Å². The van der Waals surface area contributed by atoms with E-state index in [-0.39, 0.29) is 5.56 Å². The fraction of sp³-hybridized carbons (Fsp3) is 0.0667. The van der Waals surface area contributed by atoms with Crippen LogP contribution in [0.4, 0.5) is 23.2 Å². The molecule has 0 bridgehead atoms. The van der Waals surface area contributed by atoms with Crippen molar-refractivity contribution in [3.63, 3.8) is 0 Å². The zero-order valence-corrected chi connectivity index (χ0v) is 10.1. The molecular weight excluding hydrogens is 270 g/mol. The van der Waals surface area contributed by atoms with Crippen molar-refractivity contribution in [3.05, 3.63) is 65.0 Å². The van der Waals surface area contributed by atoms with Crippen LogP contribution in [0.2, 0.25) is 0 Å². The molecule has 0 heterocycles. The molecule has 2 rings (SSSR count). The number of nitrogens with two attached hydrogens (primary N) is 1. The van der Waals surface area contributed by atoms with Crippen molar-refractivity contribution < 1.29 is 17.6 Å². The minimum absolute atomic E-state index is 0.165. The maximum atomic E-state index is 13.3. The zero-order valence-electron chi connectivity index (χ0n) is 10.1. The predicted octanol–water partition coefficient (Wildman–Crippen LogP) is 3.83. The Morgan fingerprint density at radius 3 is 2.10 bits per heavy atom. The Morgan fingerprint density at radius 1 is 0.900 bits per heavy atom. The molecule has 2 aromatic carbocycles. The monoisotopic (exact) mass is 279 g/mol. The molecule has 0 aliphatic heterocycles. The molecule has 0 amide bonds. The number of benzene rings is 2. The Bertz CT molecular complexity index is 693. The maximum Gasteiger partial charge on any atom is 0.419 e. The molecule has 5 heteroatoms. The van der Waals surface area contributed by atoms with Gasteiger partial charge in [0.05, 0.1) is 5.56 Å². The highest BCUT2D eigenvalue weighted by Crippen LogP contribution is 2.31.